The molecule has 2 aromatic carbocycles. The highest BCUT2D eigenvalue weighted by atomic mass is 19.1. The molecule has 0 atom stereocenters. The second-order valence-corrected chi connectivity index (χ2v) is 6.49. The molecule has 0 radical (unpaired) electrons. The number of hydrogen-bond acceptors (Lipinski definition) is 4. The van der Waals surface area contributed by atoms with Crippen molar-refractivity contribution in [2.24, 2.45) is 0 Å². The number of hydrogen-bond donors (Lipinski definition) is 1. The standard InChI is InChI=1S/C19H18FN3O2/c20-13-2-3-16-15(10-13)22-19(23(16)14-5-7-21-8-6-14)12-1-4-17-18(9-12)25-11-24-17/h1-4,9-10,14,21H,5-8,11H2. The Balaban J connectivity index is 1.70. The maximum atomic E-state index is 13.7. The summed E-state index contributed by atoms with van der Waals surface area (Å²) in [6.07, 6.45) is 2.06. The Morgan fingerprint density at radius 3 is 2.76 bits per heavy atom. The topological polar surface area (TPSA) is 48.3 Å². The van der Waals surface area contributed by atoms with Crippen LogP contribution in [0.25, 0.3) is 22.4 Å². The summed E-state index contributed by atoms with van der Waals surface area (Å²) in [5.41, 5.74) is 2.62. The zero-order chi connectivity index (χ0) is 16.8. The summed E-state index contributed by atoms with van der Waals surface area (Å²) in [6.45, 7) is 2.20. The van der Waals surface area contributed by atoms with Crippen molar-refractivity contribution in [3.8, 4) is 22.9 Å². The number of fused-ring (bicyclic) bond motifs is 2. The molecule has 2 aliphatic rings. The molecule has 5 nitrogen and oxygen atoms in total. The highest BCUT2D eigenvalue weighted by Gasteiger charge is 2.24. The lowest BCUT2D eigenvalue weighted by molar-refractivity contribution is 0.174. The molecule has 6 heteroatoms. The minimum Gasteiger partial charge on any atom is -0.454 e. The van der Waals surface area contributed by atoms with Gasteiger partial charge in [0.05, 0.1) is 11.0 Å². The van der Waals surface area contributed by atoms with Crippen molar-refractivity contribution in [3.63, 3.8) is 0 Å². The molecule has 25 heavy (non-hydrogen) atoms. The van der Waals surface area contributed by atoms with Crippen LogP contribution in [0.15, 0.2) is 36.4 Å². The van der Waals surface area contributed by atoms with Gasteiger partial charge < -0.3 is 19.4 Å². The SMILES string of the molecule is Fc1ccc2c(c1)nc(-c1ccc3c(c1)OCO3)n2C1CCNCC1. The van der Waals surface area contributed by atoms with Crippen molar-refractivity contribution >= 4 is 11.0 Å². The van der Waals surface area contributed by atoms with Gasteiger partial charge in [-0.25, -0.2) is 9.37 Å². The molecular formula is C19H18FN3O2. The molecule has 3 aromatic rings. The molecule has 1 N–H and O–H groups in total. The summed E-state index contributed by atoms with van der Waals surface area (Å²) in [5.74, 6) is 2.07. The molecule has 0 spiro atoms. The van der Waals surface area contributed by atoms with Gasteiger partial charge in [0.1, 0.15) is 11.6 Å². The van der Waals surface area contributed by atoms with Crippen LogP contribution in [0, 0.1) is 5.82 Å². The first-order chi connectivity index (χ1) is 12.3. The smallest absolute Gasteiger partial charge is 0.231 e. The highest BCUT2D eigenvalue weighted by Crippen LogP contribution is 2.38. The Hall–Kier alpha value is -2.60. The molecule has 0 amide bonds. The van der Waals surface area contributed by atoms with Crippen LogP contribution >= 0.6 is 0 Å². The van der Waals surface area contributed by atoms with Gasteiger partial charge >= 0.3 is 0 Å². The molecule has 1 aromatic heterocycles. The fraction of sp³-hybridized carbons (Fsp3) is 0.316. The first-order valence-corrected chi connectivity index (χ1v) is 8.58. The second kappa shape index (κ2) is 5.74. The molecule has 5 rings (SSSR count). The zero-order valence-corrected chi connectivity index (χ0v) is 13.7. The molecule has 0 aliphatic carbocycles. The van der Waals surface area contributed by atoms with Crippen LogP contribution in [0.1, 0.15) is 18.9 Å². The average molecular weight is 339 g/mol. The van der Waals surface area contributed by atoms with E-state index in [1.54, 1.807) is 0 Å². The van der Waals surface area contributed by atoms with Gasteiger partial charge in [0.2, 0.25) is 6.79 Å². The molecule has 2 aliphatic heterocycles. The van der Waals surface area contributed by atoms with E-state index in [4.69, 9.17) is 14.5 Å². The summed E-state index contributed by atoms with van der Waals surface area (Å²) < 4.78 is 26.9. The number of imidazole rings is 1. The van der Waals surface area contributed by atoms with Gasteiger partial charge in [-0.15, -0.1) is 0 Å². The Morgan fingerprint density at radius 1 is 1.04 bits per heavy atom. The van der Waals surface area contributed by atoms with Crippen LogP contribution in [0.2, 0.25) is 0 Å². The normalized spacial score (nSPS) is 17.3. The number of aromatic nitrogens is 2. The third-order valence-electron chi connectivity index (χ3n) is 4.96. The number of ether oxygens (including phenoxy) is 2. The lowest BCUT2D eigenvalue weighted by Gasteiger charge is -2.26. The van der Waals surface area contributed by atoms with E-state index in [2.05, 4.69) is 9.88 Å². The van der Waals surface area contributed by atoms with E-state index in [0.29, 0.717) is 11.6 Å². The molecule has 3 heterocycles. The summed E-state index contributed by atoms with van der Waals surface area (Å²) in [6, 6.07) is 11.0. The number of nitrogens with one attached hydrogen (secondary N) is 1. The minimum atomic E-state index is -0.264. The lowest BCUT2D eigenvalue weighted by Crippen LogP contribution is -2.29. The Labute approximate surface area is 144 Å². The molecular weight excluding hydrogens is 321 g/mol. The van der Waals surface area contributed by atoms with Crippen molar-refractivity contribution in [1.29, 1.82) is 0 Å². The molecule has 0 bridgehead atoms. The van der Waals surface area contributed by atoms with Gasteiger partial charge in [0.25, 0.3) is 0 Å². The minimum absolute atomic E-state index is 0.245. The van der Waals surface area contributed by atoms with E-state index in [1.165, 1.54) is 12.1 Å². The summed E-state index contributed by atoms with van der Waals surface area (Å²) in [7, 11) is 0. The average Bonchev–Trinajstić information content (AvgIpc) is 3.25. The van der Waals surface area contributed by atoms with Crippen molar-refractivity contribution in [2.45, 2.75) is 18.9 Å². The van der Waals surface area contributed by atoms with E-state index >= 15 is 0 Å². The summed E-state index contributed by atoms with van der Waals surface area (Å²) in [4.78, 5) is 4.75. The van der Waals surface area contributed by atoms with Crippen LogP contribution in [-0.2, 0) is 0 Å². The second-order valence-electron chi connectivity index (χ2n) is 6.49. The fourth-order valence-corrected chi connectivity index (χ4v) is 3.75. The predicted octanol–water partition coefficient (Wildman–Crippen LogP) is 3.50. The Morgan fingerprint density at radius 2 is 1.88 bits per heavy atom. The molecule has 128 valence electrons. The largest absolute Gasteiger partial charge is 0.454 e. The highest BCUT2D eigenvalue weighted by molar-refractivity contribution is 5.81. The van der Waals surface area contributed by atoms with Crippen molar-refractivity contribution in [2.75, 3.05) is 19.9 Å². The molecule has 0 unspecified atom stereocenters. The maximum absolute atomic E-state index is 13.7. The number of benzene rings is 2. The van der Waals surface area contributed by atoms with Gasteiger partial charge in [-0.1, -0.05) is 0 Å². The van der Waals surface area contributed by atoms with Crippen LogP contribution < -0.4 is 14.8 Å². The van der Waals surface area contributed by atoms with E-state index in [-0.39, 0.29) is 12.6 Å². The Bertz CT molecular complexity index is 947. The van der Waals surface area contributed by atoms with E-state index in [0.717, 1.165) is 54.3 Å². The van der Waals surface area contributed by atoms with Crippen LogP contribution in [0.4, 0.5) is 4.39 Å². The van der Waals surface area contributed by atoms with Gasteiger partial charge in [0.15, 0.2) is 11.5 Å². The van der Waals surface area contributed by atoms with Crippen molar-refractivity contribution < 1.29 is 13.9 Å². The predicted molar refractivity (Wildman–Crippen MR) is 92.4 cm³/mol. The van der Waals surface area contributed by atoms with Crippen LogP contribution in [-0.4, -0.2) is 29.4 Å². The number of halogens is 1. The van der Waals surface area contributed by atoms with E-state index < -0.39 is 0 Å². The summed E-state index contributed by atoms with van der Waals surface area (Å²) in [5, 5.41) is 3.40. The molecule has 1 saturated heterocycles. The van der Waals surface area contributed by atoms with Gasteiger partial charge in [-0.2, -0.15) is 0 Å². The first-order valence-electron chi connectivity index (χ1n) is 8.58. The number of piperidine rings is 1. The number of rotatable bonds is 2. The number of nitrogens with zero attached hydrogens (tertiary/aromatic N) is 2. The molecule has 1 fully saturated rings. The fourth-order valence-electron chi connectivity index (χ4n) is 3.75. The quantitative estimate of drug-likeness (QED) is 0.776. The molecule has 0 saturated carbocycles. The Kier molecular flexibility index (Phi) is 3.38. The zero-order valence-electron chi connectivity index (χ0n) is 13.7. The first kappa shape index (κ1) is 14.7. The van der Waals surface area contributed by atoms with Crippen molar-refractivity contribution in [1.82, 2.24) is 14.9 Å². The third kappa shape index (κ3) is 2.44. The van der Waals surface area contributed by atoms with Crippen LogP contribution in [0.3, 0.4) is 0 Å². The van der Waals surface area contributed by atoms with Crippen LogP contribution in [0.5, 0.6) is 11.5 Å². The van der Waals surface area contributed by atoms with Gasteiger partial charge in [-0.05, 0) is 56.3 Å². The summed E-state index contributed by atoms with van der Waals surface area (Å²) >= 11 is 0. The van der Waals surface area contributed by atoms with Gasteiger partial charge in [0, 0.05) is 17.7 Å². The van der Waals surface area contributed by atoms with E-state index in [9.17, 15) is 4.39 Å². The van der Waals surface area contributed by atoms with Crippen molar-refractivity contribution in [3.05, 3.63) is 42.2 Å². The monoisotopic (exact) mass is 339 g/mol. The van der Waals surface area contributed by atoms with Gasteiger partial charge in [-0.3, -0.25) is 0 Å². The third-order valence-corrected chi connectivity index (χ3v) is 4.96. The lowest BCUT2D eigenvalue weighted by atomic mass is 10.1. The maximum Gasteiger partial charge on any atom is 0.231 e. The van der Waals surface area contributed by atoms with E-state index in [1.807, 2.05) is 24.3 Å².